The van der Waals surface area contributed by atoms with Crippen molar-refractivity contribution < 1.29 is 13.6 Å². The molecule has 1 aliphatic rings. The third-order valence-electron chi connectivity index (χ3n) is 3.68. The molecule has 2 aromatic rings. The fraction of sp³-hybridized carbons (Fsp3) is 0.188. The lowest BCUT2D eigenvalue weighted by Crippen LogP contribution is -2.28. The molecule has 102 valence electrons. The number of hydrogen-bond acceptors (Lipinski definition) is 1. The van der Waals surface area contributed by atoms with Gasteiger partial charge in [-0.05, 0) is 43.2 Å². The van der Waals surface area contributed by atoms with Gasteiger partial charge in [-0.3, -0.25) is 4.79 Å². The van der Waals surface area contributed by atoms with Crippen molar-refractivity contribution in [1.29, 1.82) is 0 Å². The smallest absolute Gasteiger partial charge is 0.235 e. The molecule has 0 radical (unpaired) electrons. The number of amides is 1. The van der Waals surface area contributed by atoms with Crippen LogP contribution in [0.5, 0.6) is 0 Å². The molecule has 1 aliphatic carbocycles. The summed E-state index contributed by atoms with van der Waals surface area (Å²) in [6.45, 7) is 0. The molecule has 0 bridgehead atoms. The molecule has 1 amide bonds. The Kier molecular flexibility index (Phi) is 3.01. The fourth-order valence-corrected chi connectivity index (χ4v) is 2.38. The number of carbonyl (C=O) groups excluding carboxylic acids is 1. The van der Waals surface area contributed by atoms with E-state index in [1.807, 2.05) is 0 Å². The van der Waals surface area contributed by atoms with Gasteiger partial charge in [0.05, 0.1) is 5.41 Å². The van der Waals surface area contributed by atoms with E-state index in [9.17, 15) is 13.6 Å². The van der Waals surface area contributed by atoms with Crippen molar-refractivity contribution in [3.63, 3.8) is 0 Å². The summed E-state index contributed by atoms with van der Waals surface area (Å²) in [6.07, 6.45) is 1.25. The predicted molar refractivity (Wildman–Crippen MR) is 72.3 cm³/mol. The van der Waals surface area contributed by atoms with Crippen molar-refractivity contribution in [3.8, 4) is 0 Å². The van der Waals surface area contributed by atoms with Crippen LogP contribution in [-0.2, 0) is 10.2 Å². The second kappa shape index (κ2) is 4.71. The number of anilines is 1. The summed E-state index contributed by atoms with van der Waals surface area (Å²) in [5.41, 5.74) is 0.165. The molecule has 0 unspecified atom stereocenters. The Bertz CT molecular complexity index is 648. The van der Waals surface area contributed by atoms with Gasteiger partial charge in [0.2, 0.25) is 5.91 Å². The SMILES string of the molecule is O=C(Nc1ccc(F)cc1)C1(c2ccccc2F)CC1. The normalized spacial score (nSPS) is 15.7. The third kappa shape index (κ3) is 2.18. The zero-order valence-electron chi connectivity index (χ0n) is 10.7. The van der Waals surface area contributed by atoms with E-state index in [1.54, 1.807) is 18.2 Å². The highest BCUT2D eigenvalue weighted by molar-refractivity contribution is 6.01. The zero-order chi connectivity index (χ0) is 14.2. The zero-order valence-corrected chi connectivity index (χ0v) is 10.7. The Morgan fingerprint density at radius 2 is 1.65 bits per heavy atom. The highest BCUT2D eigenvalue weighted by Crippen LogP contribution is 2.49. The average molecular weight is 273 g/mol. The van der Waals surface area contributed by atoms with E-state index >= 15 is 0 Å². The minimum Gasteiger partial charge on any atom is -0.325 e. The van der Waals surface area contributed by atoms with Crippen LogP contribution >= 0.6 is 0 Å². The topological polar surface area (TPSA) is 29.1 Å². The van der Waals surface area contributed by atoms with Gasteiger partial charge in [-0.15, -0.1) is 0 Å². The van der Waals surface area contributed by atoms with Gasteiger partial charge < -0.3 is 5.32 Å². The molecule has 0 aromatic heterocycles. The standard InChI is InChI=1S/C16H13F2NO/c17-11-5-7-12(8-6-11)19-15(20)16(9-10-16)13-3-1-2-4-14(13)18/h1-8H,9-10H2,(H,19,20). The molecule has 0 aliphatic heterocycles. The van der Waals surface area contributed by atoms with E-state index < -0.39 is 5.41 Å². The molecule has 0 heterocycles. The lowest BCUT2D eigenvalue weighted by Gasteiger charge is -2.16. The average Bonchev–Trinajstić information content (AvgIpc) is 3.23. The highest BCUT2D eigenvalue weighted by atomic mass is 19.1. The molecule has 20 heavy (non-hydrogen) atoms. The number of rotatable bonds is 3. The Balaban J connectivity index is 1.84. The van der Waals surface area contributed by atoms with E-state index in [1.165, 1.54) is 30.3 Å². The van der Waals surface area contributed by atoms with Gasteiger partial charge in [0.1, 0.15) is 11.6 Å². The van der Waals surface area contributed by atoms with Crippen molar-refractivity contribution in [2.24, 2.45) is 0 Å². The van der Waals surface area contributed by atoms with E-state index in [2.05, 4.69) is 5.32 Å². The first-order valence-corrected chi connectivity index (χ1v) is 6.44. The van der Waals surface area contributed by atoms with Crippen LogP contribution in [-0.4, -0.2) is 5.91 Å². The van der Waals surface area contributed by atoms with Gasteiger partial charge in [-0.1, -0.05) is 18.2 Å². The lowest BCUT2D eigenvalue weighted by molar-refractivity contribution is -0.118. The Labute approximate surface area is 115 Å². The number of halogens is 2. The summed E-state index contributed by atoms with van der Waals surface area (Å²) in [5.74, 6) is -0.966. The molecule has 1 N–H and O–H groups in total. The van der Waals surface area contributed by atoms with Crippen LogP contribution in [0.15, 0.2) is 48.5 Å². The molecule has 0 saturated heterocycles. The maximum absolute atomic E-state index is 13.8. The maximum Gasteiger partial charge on any atom is 0.235 e. The Morgan fingerprint density at radius 1 is 1.00 bits per heavy atom. The summed E-state index contributed by atoms with van der Waals surface area (Å²) in [6, 6.07) is 11.9. The largest absolute Gasteiger partial charge is 0.325 e. The molecule has 2 nitrogen and oxygen atoms in total. The molecular formula is C16H13F2NO. The summed E-state index contributed by atoms with van der Waals surface area (Å²) < 4.78 is 26.7. The highest BCUT2D eigenvalue weighted by Gasteiger charge is 2.52. The second-order valence-electron chi connectivity index (χ2n) is 5.02. The van der Waals surface area contributed by atoms with Crippen LogP contribution < -0.4 is 5.32 Å². The molecule has 1 saturated carbocycles. The van der Waals surface area contributed by atoms with Crippen molar-refractivity contribution in [1.82, 2.24) is 0 Å². The van der Waals surface area contributed by atoms with Gasteiger partial charge in [0.15, 0.2) is 0 Å². The van der Waals surface area contributed by atoms with Crippen LogP contribution in [0.3, 0.4) is 0 Å². The Hall–Kier alpha value is -2.23. The van der Waals surface area contributed by atoms with Gasteiger partial charge in [-0.25, -0.2) is 8.78 Å². The van der Waals surface area contributed by atoms with Gasteiger partial charge in [-0.2, -0.15) is 0 Å². The first-order chi connectivity index (χ1) is 9.62. The lowest BCUT2D eigenvalue weighted by atomic mass is 9.94. The molecule has 3 rings (SSSR count). The van der Waals surface area contributed by atoms with Crippen LogP contribution in [0.25, 0.3) is 0 Å². The number of benzene rings is 2. The molecular weight excluding hydrogens is 260 g/mol. The number of carbonyl (C=O) groups is 1. The second-order valence-corrected chi connectivity index (χ2v) is 5.02. The number of hydrogen-bond donors (Lipinski definition) is 1. The minimum atomic E-state index is -0.778. The van der Waals surface area contributed by atoms with Crippen LogP contribution in [0.1, 0.15) is 18.4 Å². The first-order valence-electron chi connectivity index (χ1n) is 6.44. The monoisotopic (exact) mass is 273 g/mol. The molecule has 0 spiro atoms. The van der Waals surface area contributed by atoms with Crippen molar-refractivity contribution in [3.05, 3.63) is 65.7 Å². The summed E-state index contributed by atoms with van der Waals surface area (Å²) in [5, 5.41) is 2.73. The molecule has 0 atom stereocenters. The van der Waals surface area contributed by atoms with Crippen molar-refractivity contribution in [2.45, 2.75) is 18.3 Å². The number of nitrogens with one attached hydrogen (secondary N) is 1. The predicted octanol–water partition coefficient (Wildman–Crippen LogP) is 3.64. The van der Waals surface area contributed by atoms with Crippen molar-refractivity contribution in [2.75, 3.05) is 5.32 Å². The van der Waals surface area contributed by atoms with E-state index in [0.29, 0.717) is 24.1 Å². The van der Waals surface area contributed by atoms with Crippen LogP contribution in [0.4, 0.5) is 14.5 Å². The maximum atomic E-state index is 13.8. The fourth-order valence-electron chi connectivity index (χ4n) is 2.38. The summed E-state index contributed by atoms with van der Waals surface area (Å²) in [4.78, 5) is 12.4. The summed E-state index contributed by atoms with van der Waals surface area (Å²) in [7, 11) is 0. The van der Waals surface area contributed by atoms with Gasteiger partial charge in [0, 0.05) is 11.3 Å². The van der Waals surface area contributed by atoms with Crippen LogP contribution in [0.2, 0.25) is 0 Å². The van der Waals surface area contributed by atoms with E-state index in [4.69, 9.17) is 0 Å². The first kappa shape index (κ1) is 12.8. The quantitative estimate of drug-likeness (QED) is 0.909. The molecule has 2 aromatic carbocycles. The van der Waals surface area contributed by atoms with Crippen molar-refractivity contribution >= 4 is 11.6 Å². The third-order valence-corrected chi connectivity index (χ3v) is 3.68. The summed E-state index contributed by atoms with van der Waals surface area (Å²) >= 11 is 0. The van der Waals surface area contributed by atoms with Gasteiger partial charge in [0.25, 0.3) is 0 Å². The molecule has 1 fully saturated rings. The minimum absolute atomic E-state index is 0.241. The molecule has 4 heteroatoms. The van der Waals surface area contributed by atoms with Gasteiger partial charge >= 0.3 is 0 Å². The van der Waals surface area contributed by atoms with E-state index in [-0.39, 0.29) is 17.5 Å². The van der Waals surface area contributed by atoms with Crippen LogP contribution in [0, 0.1) is 11.6 Å². The van der Waals surface area contributed by atoms with E-state index in [0.717, 1.165) is 0 Å². The Morgan fingerprint density at radius 3 is 2.25 bits per heavy atom.